The number of benzene rings is 2. The summed E-state index contributed by atoms with van der Waals surface area (Å²) in [5.41, 5.74) is 7.90. The van der Waals surface area contributed by atoms with Crippen LogP contribution in [0.3, 0.4) is 0 Å². The fourth-order valence-corrected chi connectivity index (χ4v) is 2.02. The zero-order chi connectivity index (χ0) is 15.2. The number of ether oxygens (including phenoxy) is 1. The summed E-state index contributed by atoms with van der Waals surface area (Å²) in [5, 5.41) is 2.85. The summed E-state index contributed by atoms with van der Waals surface area (Å²) in [6.07, 6.45) is 0. The summed E-state index contributed by atoms with van der Waals surface area (Å²) in [7, 11) is 1.60. The summed E-state index contributed by atoms with van der Waals surface area (Å²) in [5.74, 6) is 0.743. The lowest BCUT2D eigenvalue weighted by molar-refractivity contribution is 0.257. The zero-order valence-corrected chi connectivity index (χ0v) is 12.2. The van der Waals surface area contributed by atoms with Crippen LogP contribution in [0.5, 0.6) is 5.75 Å². The third kappa shape index (κ3) is 3.45. The van der Waals surface area contributed by atoms with E-state index in [9.17, 15) is 4.79 Å². The molecule has 0 aliphatic rings. The summed E-state index contributed by atoms with van der Waals surface area (Å²) < 4.78 is 5.09. The third-order valence-corrected chi connectivity index (χ3v) is 3.13. The molecule has 0 aliphatic heterocycles. The molecule has 0 fully saturated rings. The molecule has 0 radical (unpaired) electrons. The van der Waals surface area contributed by atoms with Crippen LogP contribution in [0.4, 0.5) is 21.9 Å². The van der Waals surface area contributed by atoms with Crippen LogP contribution in [0, 0.1) is 0 Å². The van der Waals surface area contributed by atoms with E-state index in [1.54, 1.807) is 42.3 Å². The number of nitrogens with zero attached hydrogens (tertiary/aromatic N) is 1. The number of carbonyl (C=O) groups excluding carboxylic acids is 1. The highest BCUT2D eigenvalue weighted by atomic mass is 16.5. The molecule has 2 aromatic rings. The third-order valence-electron chi connectivity index (χ3n) is 3.13. The first-order chi connectivity index (χ1) is 10.2. The molecule has 0 unspecified atom stereocenters. The zero-order valence-electron chi connectivity index (χ0n) is 12.2. The van der Waals surface area contributed by atoms with Crippen LogP contribution in [-0.2, 0) is 0 Å². The van der Waals surface area contributed by atoms with Crippen molar-refractivity contribution in [2.75, 3.05) is 29.6 Å². The van der Waals surface area contributed by atoms with Gasteiger partial charge in [0.25, 0.3) is 0 Å². The smallest absolute Gasteiger partial charge is 0.326 e. The van der Waals surface area contributed by atoms with Crippen molar-refractivity contribution in [3.8, 4) is 5.75 Å². The number of methoxy groups -OCH3 is 1. The molecule has 3 N–H and O–H groups in total. The average molecular weight is 285 g/mol. The van der Waals surface area contributed by atoms with Crippen LogP contribution < -0.4 is 20.7 Å². The van der Waals surface area contributed by atoms with Crippen LogP contribution in [0.25, 0.3) is 0 Å². The first kappa shape index (κ1) is 14.7. The second-order valence-corrected chi connectivity index (χ2v) is 4.46. The molecular formula is C16H19N3O2. The molecule has 0 aromatic heterocycles. The van der Waals surface area contributed by atoms with Crippen molar-refractivity contribution in [1.82, 2.24) is 0 Å². The molecule has 0 bridgehead atoms. The van der Waals surface area contributed by atoms with Gasteiger partial charge in [-0.05, 0) is 43.3 Å². The lowest BCUT2D eigenvalue weighted by atomic mass is 10.2. The molecule has 0 saturated heterocycles. The van der Waals surface area contributed by atoms with Crippen LogP contribution in [0.15, 0.2) is 48.5 Å². The number of anilines is 3. The number of hydrogen-bond donors (Lipinski definition) is 2. The van der Waals surface area contributed by atoms with Crippen LogP contribution >= 0.6 is 0 Å². The minimum absolute atomic E-state index is 0.222. The Bertz CT molecular complexity index is 611. The minimum Gasteiger partial charge on any atom is -0.497 e. The largest absolute Gasteiger partial charge is 0.497 e. The van der Waals surface area contributed by atoms with Gasteiger partial charge in [0.15, 0.2) is 0 Å². The van der Waals surface area contributed by atoms with E-state index in [0.717, 1.165) is 5.75 Å². The molecule has 5 nitrogen and oxygen atoms in total. The molecule has 0 spiro atoms. The molecule has 2 amide bonds. The SMILES string of the molecule is CCN(C(=O)Nc1ccc(OC)cc1)c1ccccc1N. The first-order valence-electron chi connectivity index (χ1n) is 6.72. The van der Waals surface area contributed by atoms with Crippen molar-refractivity contribution in [2.24, 2.45) is 0 Å². The van der Waals surface area contributed by atoms with E-state index in [1.165, 1.54) is 0 Å². The summed E-state index contributed by atoms with van der Waals surface area (Å²) in [4.78, 5) is 14.0. The molecule has 0 atom stereocenters. The van der Waals surface area contributed by atoms with Gasteiger partial charge in [-0.25, -0.2) is 4.79 Å². The van der Waals surface area contributed by atoms with Gasteiger partial charge in [0.2, 0.25) is 0 Å². The number of nitrogens with one attached hydrogen (secondary N) is 1. The second kappa shape index (κ2) is 6.65. The molecular weight excluding hydrogens is 266 g/mol. The van der Waals surface area contributed by atoms with E-state index >= 15 is 0 Å². The van der Waals surface area contributed by atoms with Crippen molar-refractivity contribution in [3.05, 3.63) is 48.5 Å². The molecule has 0 aliphatic carbocycles. The number of carbonyl (C=O) groups is 1. The Morgan fingerprint density at radius 1 is 1.19 bits per heavy atom. The van der Waals surface area contributed by atoms with Gasteiger partial charge in [-0.3, -0.25) is 4.90 Å². The lowest BCUT2D eigenvalue weighted by Gasteiger charge is -2.23. The average Bonchev–Trinajstić information content (AvgIpc) is 2.50. The minimum atomic E-state index is -0.222. The lowest BCUT2D eigenvalue weighted by Crippen LogP contribution is -2.35. The van der Waals surface area contributed by atoms with Gasteiger partial charge in [-0.2, -0.15) is 0 Å². The number of rotatable bonds is 4. The molecule has 2 aromatic carbocycles. The fraction of sp³-hybridized carbons (Fsp3) is 0.188. The number of para-hydroxylation sites is 2. The summed E-state index contributed by atoms with van der Waals surface area (Å²) in [6.45, 7) is 2.43. The van der Waals surface area contributed by atoms with Crippen LogP contribution in [-0.4, -0.2) is 19.7 Å². The second-order valence-electron chi connectivity index (χ2n) is 4.46. The Balaban J connectivity index is 2.15. The Hall–Kier alpha value is -2.69. The Morgan fingerprint density at radius 2 is 1.86 bits per heavy atom. The topological polar surface area (TPSA) is 67.6 Å². The van der Waals surface area contributed by atoms with E-state index in [0.29, 0.717) is 23.6 Å². The molecule has 0 heterocycles. The van der Waals surface area contributed by atoms with Crippen molar-refractivity contribution in [2.45, 2.75) is 6.92 Å². The molecule has 0 saturated carbocycles. The maximum absolute atomic E-state index is 12.4. The van der Waals surface area contributed by atoms with Gasteiger partial charge in [0, 0.05) is 12.2 Å². The first-order valence-corrected chi connectivity index (χ1v) is 6.72. The summed E-state index contributed by atoms with van der Waals surface area (Å²) in [6, 6.07) is 14.2. The maximum atomic E-state index is 12.4. The van der Waals surface area contributed by atoms with Gasteiger partial charge in [-0.1, -0.05) is 12.1 Å². The Kier molecular flexibility index (Phi) is 4.66. The van der Waals surface area contributed by atoms with Crippen molar-refractivity contribution in [1.29, 1.82) is 0 Å². The van der Waals surface area contributed by atoms with E-state index in [2.05, 4.69) is 5.32 Å². The number of nitrogens with two attached hydrogens (primary N) is 1. The summed E-state index contributed by atoms with van der Waals surface area (Å²) >= 11 is 0. The molecule has 21 heavy (non-hydrogen) atoms. The van der Waals surface area contributed by atoms with Gasteiger partial charge < -0.3 is 15.8 Å². The van der Waals surface area contributed by atoms with Gasteiger partial charge in [0.05, 0.1) is 18.5 Å². The van der Waals surface area contributed by atoms with Gasteiger partial charge in [0.1, 0.15) is 5.75 Å². The number of nitrogen functional groups attached to an aromatic ring is 1. The normalized spacial score (nSPS) is 10.0. The van der Waals surface area contributed by atoms with Crippen LogP contribution in [0.1, 0.15) is 6.92 Å². The van der Waals surface area contributed by atoms with Crippen LogP contribution in [0.2, 0.25) is 0 Å². The maximum Gasteiger partial charge on any atom is 0.326 e. The molecule has 2 rings (SSSR count). The fourth-order valence-electron chi connectivity index (χ4n) is 2.02. The van der Waals surface area contributed by atoms with Crippen molar-refractivity contribution >= 4 is 23.1 Å². The van der Waals surface area contributed by atoms with Gasteiger partial charge >= 0.3 is 6.03 Å². The Morgan fingerprint density at radius 3 is 2.43 bits per heavy atom. The predicted octanol–water partition coefficient (Wildman–Crippen LogP) is 3.34. The van der Waals surface area contributed by atoms with E-state index < -0.39 is 0 Å². The molecule has 5 heteroatoms. The highest BCUT2D eigenvalue weighted by Gasteiger charge is 2.15. The number of amides is 2. The highest BCUT2D eigenvalue weighted by molar-refractivity contribution is 6.03. The molecule has 110 valence electrons. The monoisotopic (exact) mass is 285 g/mol. The predicted molar refractivity (Wildman–Crippen MR) is 85.9 cm³/mol. The number of urea groups is 1. The van der Waals surface area contributed by atoms with E-state index in [-0.39, 0.29) is 6.03 Å². The quantitative estimate of drug-likeness (QED) is 0.847. The van der Waals surface area contributed by atoms with Crippen molar-refractivity contribution < 1.29 is 9.53 Å². The van der Waals surface area contributed by atoms with E-state index in [1.807, 2.05) is 25.1 Å². The van der Waals surface area contributed by atoms with E-state index in [4.69, 9.17) is 10.5 Å². The van der Waals surface area contributed by atoms with Gasteiger partial charge in [-0.15, -0.1) is 0 Å². The number of hydrogen-bond acceptors (Lipinski definition) is 3. The van der Waals surface area contributed by atoms with Crippen molar-refractivity contribution in [3.63, 3.8) is 0 Å². The Labute approximate surface area is 124 Å². The highest BCUT2D eigenvalue weighted by Crippen LogP contribution is 2.23. The standard InChI is InChI=1S/C16H19N3O2/c1-3-19(15-7-5-4-6-14(15)17)16(20)18-12-8-10-13(21-2)11-9-12/h4-11H,3,17H2,1-2H3,(H,18,20).